The molecule has 4 nitrogen and oxygen atoms in total. The van der Waals surface area contributed by atoms with Crippen LogP contribution >= 0.6 is 15.9 Å². The highest BCUT2D eigenvalue weighted by atomic mass is 79.9. The van der Waals surface area contributed by atoms with Crippen molar-refractivity contribution in [2.45, 2.75) is 0 Å². The van der Waals surface area contributed by atoms with E-state index in [0.29, 0.717) is 16.9 Å². The second kappa shape index (κ2) is 4.97. The van der Waals surface area contributed by atoms with Gasteiger partial charge < -0.3 is 11.1 Å². The Bertz CT molecular complexity index is 540. The summed E-state index contributed by atoms with van der Waals surface area (Å²) in [5.41, 5.74) is 7.43. The molecule has 1 heterocycles. The highest BCUT2D eigenvalue weighted by Gasteiger charge is 2.07. The third-order valence-corrected chi connectivity index (χ3v) is 2.83. The number of pyridine rings is 1. The minimum absolute atomic E-state index is 0.183. The topological polar surface area (TPSA) is 68.0 Å². The summed E-state index contributed by atoms with van der Waals surface area (Å²) in [5, 5.41) is 2.78. The number of amides is 1. The highest BCUT2D eigenvalue weighted by molar-refractivity contribution is 9.10. The van der Waals surface area contributed by atoms with Gasteiger partial charge in [-0.2, -0.15) is 0 Å². The normalized spacial score (nSPS) is 9.94. The fourth-order valence-electron chi connectivity index (χ4n) is 1.31. The molecule has 2 aromatic rings. The molecule has 5 heteroatoms. The standard InChI is InChI=1S/C12H10BrN3O/c13-10-7-15-6-5-11(10)16-12(17)8-1-3-9(14)4-2-8/h1-7H,14H2,(H,15,16,17). The van der Waals surface area contributed by atoms with Gasteiger partial charge in [0.15, 0.2) is 0 Å². The second-order valence-electron chi connectivity index (χ2n) is 3.43. The lowest BCUT2D eigenvalue weighted by Gasteiger charge is -2.06. The Kier molecular flexibility index (Phi) is 3.39. The Balaban J connectivity index is 2.17. The summed E-state index contributed by atoms with van der Waals surface area (Å²) in [7, 11) is 0. The summed E-state index contributed by atoms with van der Waals surface area (Å²) in [4.78, 5) is 15.8. The summed E-state index contributed by atoms with van der Waals surface area (Å²) in [5.74, 6) is -0.183. The van der Waals surface area contributed by atoms with Crippen LogP contribution in [-0.2, 0) is 0 Å². The molecule has 0 spiro atoms. The molecule has 0 fully saturated rings. The van der Waals surface area contributed by atoms with Gasteiger partial charge in [-0.05, 0) is 46.3 Å². The molecular weight excluding hydrogens is 282 g/mol. The Labute approximate surface area is 107 Å². The van der Waals surface area contributed by atoms with Crippen LogP contribution < -0.4 is 11.1 Å². The fourth-order valence-corrected chi connectivity index (χ4v) is 1.66. The van der Waals surface area contributed by atoms with Gasteiger partial charge in [-0.15, -0.1) is 0 Å². The number of rotatable bonds is 2. The van der Waals surface area contributed by atoms with Gasteiger partial charge in [0.1, 0.15) is 0 Å². The van der Waals surface area contributed by atoms with Crippen molar-refractivity contribution in [1.82, 2.24) is 4.98 Å². The molecule has 0 aliphatic rings. The van der Waals surface area contributed by atoms with Crippen molar-refractivity contribution in [3.05, 3.63) is 52.8 Å². The average Bonchev–Trinajstić information content (AvgIpc) is 2.33. The van der Waals surface area contributed by atoms with E-state index < -0.39 is 0 Å². The number of nitrogens with zero attached hydrogens (tertiary/aromatic N) is 1. The summed E-state index contributed by atoms with van der Waals surface area (Å²) in [6.45, 7) is 0. The molecular formula is C12H10BrN3O. The molecule has 1 amide bonds. The van der Waals surface area contributed by atoms with Crippen LogP contribution in [0, 0.1) is 0 Å². The van der Waals surface area contributed by atoms with Gasteiger partial charge in [0.2, 0.25) is 0 Å². The van der Waals surface area contributed by atoms with Crippen molar-refractivity contribution >= 4 is 33.2 Å². The predicted octanol–water partition coefficient (Wildman–Crippen LogP) is 2.68. The Hall–Kier alpha value is -1.88. The molecule has 0 radical (unpaired) electrons. The van der Waals surface area contributed by atoms with Gasteiger partial charge >= 0.3 is 0 Å². The van der Waals surface area contributed by atoms with Crippen LogP contribution in [0.25, 0.3) is 0 Å². The third-order valence-electron chi connectivity index (χ3n) is 2.19. The number of hydrogen-bond donors (Lipinski definition) is 2. The average molecular weight is 292 g/mol. The molecule has 86 valence electrons. The molecule has 3 N–H and O–H groups in total. The lowest BCUT2D eigenvalue weighted by atomic mass is 10.2. The van der Waals surface area contributed by atoms with Gasteiger partial charge in [0, 0.05) is 23.6 Å². The summed E-state index contributed by atoms with van der Waals surface area (Å²) in [6.07, 6.45) is 3.24. The minimum Gasteiger partial charge on any atom is -0.399 e. The zero-order chi connectivity index (χ0) is 12.3. The van der Waals surface area contributed by atoms with Crippen LogP contribution in [0.1, 0.15) is 10.4 Å². The van der Waals surface area contributed by atoms with E-state index in [1.165, 1.54) is 0 Å². The molecule has 0 unspecified atom stereocenters. The van der Waals surface area contributed by atoms with E-state index in [4.69, 9.17) is 5.73 Å². The smallest absolute Gasteiger partial charge is 0.255 e. The first kappa shape index (κ1) is 11.6. The summed E-state index contributed by atoms with van der Waals surface area (Å²) >= 11 is 3.31. The molecule has 1 aromatic heterocycles. The van der Waals surface area contributed by atoms with Crippen molar-refractivity contribution < 1.29 is 4.79 Å². The van der Waals surface area contributed by atoms with Crippen molar-refractivity contribution in [3.8, 4) is 0 Å². The number of halogens is 1. The number of benzene rings is 1. The summed E-state index contributed by atoms with van der Waals surface area (Å²) in [6, 6.07) is 8.46. The molecule has 0 bridgehead atoms. The number of nitrogen functional groups attached to an aromatic ring is 1. The maximum Gasteiger partial charge on any atom is 0.255 e. The first-order chi connectivity index (χ1) is 8.16. The van der Waals surface area contributed by atoms with Crippen LogP contribution in [0.2, 0.25) is 0 Å². The number of anilines is 2. The number of carbonyl (C=O) groups excluding carboxylic acids is 1. The molecule has 0 aliphatic carbocycles. The maximum atomic E-state index is 11.9. The number of hydrogen-bond acceptors (Lipinski definition) is 3. The van der Waals surface area contributed by atoms with Crippen LogP contribution in [0.3, 0.4) is 0 Å². The Morgan fingerprint density at radius 3 is 2.59 bits per heavy atom. The molecule has 0 saturated heterocycles. The number of nitrogens with two attached hydrogens (primary N) is 1. The number of aromatic nitrogens is 1. The van der Waals surface area contributed by atoms with Gasteiger partial charge in [-0.25, -0.2) is 0 Å². The van der Waals surface area contributed by atoms with E-state index in [-0.39, 0.29) is 5.91 Å². The largest absolute Gasteiger partial charge is 0.399 e. The molecule has 0 atom stereocenters. The van der Waals surface area contributed by atoms with Crippen LogP contribution in [0.5, 0.6) is 0 Å². The zero-order valence-electron chi connectivity index (χ0n) is 8.85. The fraction of sp³-hybridized carbons (Fsp3) is 0. The zero-order valence-corrected chi connectivity index (χ0v) is 10.4. The minimum atomic E-state index is -0.183. The summed E-state index contributed by atoms with van der Waals surface area (Å²) < 4.78 is 0.740. The van der Waals surface area contributed by atoms with Crippen molar-refractivity contribution in [1.29, 1.82) is 0 Å². The molecule has 17 heavy (non-hydrogen) atoms. The van der Waals surface area contributed by atoms with Crippen LogP contribution in [0.4, 0.5) is 11.4 Å². The highest BCUT2D eigenvalue weighted by Crippen LogP contribution is 2.20. The monoisotopic (exact) mass is 291 g/mol. The van der Waals surface area contributed by atoms with E-state index in [9.17, 15) is 4.79 Å². The van der Waals surface area contributed by atoms with E-state index in [2.05, 4.69) is 26.2 Å². The third kappa shape index (κ3) is 2.82. The lowest BCUT2D eigenvalue weighted by Crippen LogP contribution is -2.12. The van der Waals surface area contributed by atoms with E-state index in [1.807, 2.05) is 0 Å². The number of carbonyl (C=O) groups is 1. The molecule has 0 saturated carbocycles. The van der Waals surface area contributed by atoms with Crippen molar-refractivity contribution in [2.75, 3.05) is 11.1 Å². The molecule has 0 aliphatic heterocycles. The first-order valence-electron chi connectivity index (χ1n) is 4.93. The van der Waals surface area contributed by atoms with Crippen LogP contribution in [0.15, 0.2) is 47.2 Å². The predicted molar refractivity (Wildman–Crippen MR) is 70.7 cm³/mol. The molecule has 2 rings (SSSR count). The van der Waals surface area contributed by atoms with E-state index in [1.54, 1.807) is 42.7 Å². The second-order valence-corrected chi connectivity index (χ2v) is 4.29. The van der Waals surface area contributed by atoms with Crippen LogP contribution in [-0.4, -0.2) is 10.9 Å². The van der Waals surface area contributed by atoms with Gasteiger partial charge in [-0.3, -0.25) is 9.78 Å². The first-order valence-corrected chi connectivity index (χ1v) is 5.72. The van der Waals surface area contributed by atoms with Gasteiger partial charge in [-0.1, -0.05) is 0 Å². The van der Waals surface area contributed by atoms with E-state index in [0.717, 1.165) is 4.47 Å². The maximum absolute atomic E-state index is 11.9. The number of nitrogens with one attached hydrogen (secondary N) is 1. The van der Waals surface area contributed by atoms with Gasteiger partial charge in [0.25, 0.3) is 5.91 Å². The van der Waals surface area contributed by atoms with E-state index >= 15 is 0 Å². The molecule has 1 aromatic carbocycles. The lowest BCUT2D eigenvalue weighted by molar-refractivity contribution is 0.102. The Morgan fingerprint density at radius 1 is 1.24 bits per heavy atom. The van der Waals surface area contributed by atoms with Gasteiger partial charge in [0.05, 0.1) is 10.2 Å². The Morgan fingerprint density at radius 2 is 1.94 bits per heavy atom. The quantitative estimate of drug-likeness (QED) is 0.836. The van der Waals surface area contributed by atoms with Crippen molar-refractivity contribution in [2.24, 2.45) is 0 Å². The van der Waals surface area contributed by atoms with Crippen molar-refractivity contribution in [3.63, 3.8) is 0 Å². The SMILES string of the molecule is Nc1ccc(C(=O)Nc2ccncc2Br)cc1.